The average Bonchev–Trinajstić information content (AvgIpc) is 3.73. The molecule has 0 bridgehead atoms. The fraction of sp³-hybridized carbons (Fsp3) is 0.500. The van der Waals surface area contributed by atoms with Crippen molar-refractivity contribution in [3.63, 3.8) is 0 Å². The molecule has 1 saturated carbocycles. The number of hydrogen-bond donors (Lipinski definition) is 1. The Bertz CT molecular complexity index is 1760. The number of hydrogen-bond acceptors (Lipinski definition) is 7. The molecule has 11 heteroatoms. The summed E-state index contributed by atoms with van der Waals surface area (Å²) in [5.74, 6) is 1.04. The summed E-state index contributed by atoms with van der Waals surface area (Å²) in [4.78, 5) is 35.6. The van der Waals surface area contributed by atoms with Gasteiger partial charge in [-0.05, 0) is 62.3 Å². The first-order valence-electron chi connectivity index (χ1n) is 16.8. The van der Waals surface area contributed by atoms with Crippen LogP contribution in [0.1, 0.15) is 100 Å². The van der Waals surface area contributed by atoms with E-state index in [-0.39, 0.29) is 29.1 Å². The van der Waals surface area contributed by atoms with Crippen molar-refractivity contribution in [1.82, 2.24) is 15.0 Å². The molecule has 5 rings (SSSR count). The first-order chi connectivity index (χ1) is 22.5. The van der Waals surface area contributed by atoms with E-state index in [0.29, 0.717) is 35.3 Å². The minimum atomic E-state index is -4.07. The molecule has 0 saturated heterocycles. The number of nitrogens with zero attached hydrogens (tertiary/aromatic N) is 4. The standard InChI is InChI=1S/C36H47N5O5S/c1-6-8-16-32-37-36(20-12-13-21-36)35(43)41(32)23-27-18-19-29(28(22-27)24-40(5)33(42)17-9-7-2)30-14-10-11-15-31(30)47(44,45)39-34-25(3)26(4)38-46-34/h10-11,14-15,18-19,22,39H,6-9,12-13,16-17,20-21,23-24H2,1-5H3. The molecule has 3 aromatic rings. The number of sulfonamides is 1. The van der Waals surface area contributed by atoms with Gasteiger partial charge in [0, 0.05) is 37.6 Å². The molecule has 1 aliphatic heterocycles. The third-order valence-corrected chi connectivity index (χ3v) is 10.8. The fourth-order valence-corrected chi connectivity index (χ4v) is 7.76. The Morgan fingerprint density at radius 2 is 1.77 bits per heavy atom. The van der Waals surface area contributed by atoms with E-state index in [9.17, 15) is 18.0 Å². The predicted octanol–water partition coefficient (Wildman–Crippen LogP) is 7.15. The lowest BCUT2D eigenvalue weighted by atomic mass is 9.95. The molecule has 1 N–H and O–H groups in total. The third-order valence-electron chi connectivity index (χ3n) is 9.42. The summed E-state index contributed by atoms with van der Waals surface area (Å²) in [6.45, 7) is 8.33. The Morgan fingerprint density at radius 3 is 2.45 bits per heavy atom. The highest BCUT2D eigenvalue weighted by molar-refractivity contribution is 7.92. The number of benzene rings is 2. The second-order valence-electron chi connectivity index (χ2n) is 12.9. The highest BCUT2D eigenvalue weighted by atomic mass is 32.2. The molecule has 252 valence electrons. The van der Waals surface area contributed by atoms with Crippen LogP contribution in [0.2, 0.25) is 0 Å². The Balaban J connectivity index is 1.53. The Kier molecular flexibility index (Phi) is 10.5. The van der Waals surface area contributed by atoms with Gasteiger partial charge in [0.25, 0.3) is 15.9 Å². The van der Waals surface area contributed by atoms with Crippen LogP contribution in [0.25, 0.3) is 11.1 Å². The van der Waals surface area contributed by atoms with Crippen LogP contribution in [0.5, 0.6) is 0 Å². The van der Waals surface area contributed by atoms with Gasteiger partial charge in [0.2, 0.25) is 11.8 Å². The van der Waals surface area contributed by atoms with Crippen LogP contribution in [-0.4, -0.2) is 53.6 Å². The summed E-state index contributed by atoms with van der Waals surface area (Å²) in [5, 5.41) is 3.89. The SMILES string of the molecule is CCCCC(=O)N(C)Cc1cc(CN2C(=O)C3(CCCC3)N=C2CCCC)ccc1-c1ccccc1S(=O)(=O)Nc1onc(C)c1C. The fourth-order valence-electron chi connectivity index (χ4n) is 6.49. The van der Waals surface area contributed by atoms with Crippen molar-refractivity contribution in [2.75, 3.05) is 11.8 Å². The van der Waals surface area contributed by atoms with E-state index >= 15 is 0 Å². The molecule has 47 heavy (non-hydrogen) atoms. The van der Waals surface area contributed by atoms with E-state index in [1.807, 2.05) is 23.1 Å². The van der Waals surface area contributed by atoms with Crippen LogP contribution in [0.4, 0.5) is 5.88 Å². The number of carbonyl (C=O) groups is 2. The van der Waals surface area contributed by atoms with E-state index in [4.69, 9.17) is 9.52 Å². The smallest absolute Gasteiger partial charge is 0.264 e. The van der Waals surface area contributed by atoms with Gasteiger partial charge in [-0.25, -0.2) is 13.1 Å². The van der Waals surface area contributed by atoms with Crippen molar-refractivity contribution >= 4 is 33.6 Å². The number of amides is 2. The second-order valence-corrected chi connectivity index (χ2v) is 14.6. The zero-order chi connectivity index (χ0) is 33.8. The average molecular weight is 662 g/mol. The summed E-state index contributed by atoms with van der Waals surface area (Å²) in [6, 6.07) is 12.7. The monoisotopic (exact) mass is 661 g/mol. The van der Waals surface area contributed by atoms with Crippen molar-refractivity contribution in [1.29, 1.82) is 0 Å². The molecule has 2 heterocycles. The summed E-state index contributed by atoms with van der Waals surface area (Å²) in [6.07, 6.45) is 8.47. The van der Waals surface area contributed by atoms with Gasteiger partial charge in [-0.1, -0.05) is 81.1 Å². The van der Waals surface area contributed by atoms with Gasteiger partial charge < -0.3 is 9.42 Å². The summed E-state index contributed by atoms with van der Waals surface area (Å²) < 4.78 is 35.4. The molecular formula is C36H47N5O5S. The zero-order valence-electron chi connectivity index (χ0n) is 28.3. The molecule has 1 spiro atoms. The first-order valence-corrected chi connectivity index (χ1v) is 18.3. The molecule has 1 fully saturated rings. The Morgan fingerprint density at radius 1 is 1.04 bits per heavy atom. The lowest BCUT2D eigenvalue weighted by Gasteiger charge is -2.24. The van der Waals surface area contributed by atoms with Gasteiger partial charge in [0.15, 0.2) is 0 Å². The lowest BCUT2D eigenvalue weighted by Crippen LogP contribution is -2.40. The van der Waals surface area contributed by atoms with Gasteiger partial charge in [0.05, 0.1) is 17.1 Å². The van der Waals surface area contributed by atoms with Gasteiger partial charge in [-0.3, -0.25) is 19.5 Å². The maximum absolute atomic E-state index is 13.9. The van der Waals surface area contributed by atoms with E-state index < -0.39 is 15.6 Å². The van der Waals surface area contributed by atoms with Crippen LogP contribution < -0.4 is 4.72 Å². The topological polar surface area (TPSA) is 125 Å². The number of carbonyl (C=O) groups excluding carboxylic acids is 2. The molecule has 2 aliphatic rings. The molecule has 2 amide bonds. The van der Waals surface area contributed by atoms with Crippen molar-refractivity contribution in [3.8, 4) is 11.1 Å². The van der Waals surface area contributed by atoms with Crippen LogP contribution in [0, 0.1) is 13.8 Å². The predicted molar refractivity (Wildman–Crippen MR) is 183 cm³/mol. The maximum Gasteiger partial charge on any atom is 0.264 e. The molecule has 1 aromatic heterocycles. The number of aliphatic imine (C=N–C) groups is 1. The molecule has 10 nitrogen and oxygen atoms in total. The normalized spacial score (nSPS) is 15.8. The van der Waals surface area contributed by atoms with Crippen LogP contribution in [0.15, 0.2) is 56.9 Å². The molecule has 0 atom stereocenters. The highest BCUT2D eigenvalue weighted by Gasteiger charge is 2.49. The molecule has 1 aliphatic carbocycles. The molecule has 0 unspecified atom stereocenters. The van der Waals surface area contributed by atoms with E-state index in [2.05, 4.69) is 23.7 Å². The quantitative estimate of drug-likeness (QED) is 0.196. The molecule has 2 aromatic carbocycles. The second kappa shape index (κ2) is 14.4. The van der Waals surface area contributed by atoms with Gasteiger partial charge in [-0.2, -0.15) is 0 Å². The van der Waals surface area contributed by atoms with Crippen LogP contribution >= 0.6 is 0 Å². The molecule has 0 radical (unpaired) electrons. The van der Waals surface area contributed by atoms with Gasteiger partial charge in [-0.15, -0.1) is 0 Å². The van der Waals surface area contributed by atoms with Crippen molar-refractivity contribution in [2.24, 2.45) is 4.99 Å². The number of aryl methyl sites for hydroxylation is 1. The van der Waals surface area contributed by atoms with E-state index in [0.717, 1.165) is 74.7 Å². The summed E-state index contributed by atoms with van der Waals surface area (Å²) in [5.41, 5.74) is 3.46. The number of aromatic nitrogens is 1. The van der Waals surface area contributed by atoms with Crippen LogP contribution in [0.3, 0.4) is 0 Å². The van der Waals surface area contributed by atoms with E-state index in [1.54, 1.807) is 50.1 Å². The number of amidine groups is 1. The third kappa shape index (κ3) is 7.30. The first kappa shape index (κ1) is 34.3. The van der Waals surface area contributed by atoms with Crippen molar-refractivity contribution in [3.05, 3.63) is 64.8 Å². The largest absolute Gasteiger partial charge is 0.341 e. The van der Waals surface area contributed by atoms with Gasteiger partial charge in [0.1, 0.15) is 11.4 Å². The van der Waals surface area contributed by atoms with Crippen LogP contribution in [-0.2, 0) is 32.7 Å². The maximum atomic E-state index is 13.9. The minimum Gasteiger partial charge on any atom is -0.341 e. The number of rotatable bonds is 14. The minimum absolute atomic E-state index is 0.0221. The van der Waals surface area contributed by atoms with Crippen molar-refractivity contribution in [2.45, 2.75) is 115 Å². The Hall–Kier alpha value is -3.99. The summed E-state index contributed by atoms with van der Waals surface area (Å²) >= 11 is 0. The number of unbranched alkanes of at least 4 members (excludes halogenated alkanes) is 2. The number of nitrogens with one attached hydrogen (secondary N) is 1. The molecular weight excluding hydrogens is 614 g/mol. The lowest BCUT2D eigenvalue weighted by molar-refractivity contribution is -0.131. The highest BCUT2D eigenvalue weighted by Crippen LogP contribution is 2.40. The summed E-state index contributed by atoms with van der Waals surface area (Å²) in [7, 11) is -2.30. The number of anilines is 1. The Labute approximate surface area is 278 Å². The van der Waals surface area contributed by atoms with Gasteiger partial charge >= 0.3 is 0 Å². The van der Waals surface area contributed by atoms with Crippen molar-refractivity contribution < 1.29 is 22.5 Å². The van der Waals surface area contributed by atoms with E-state index in [1.165, 1.54) is 0 Å². The zero-order valence-corrected chi connectivity index (χ0v) is 29.1.